The van der Waals surface area contributed by atoms with Gasteiger partial charge in [-0.05, 0) is 31.9 Å². The molecule has 1 saturated heterocycles. The molecule has 118 valence electrons. The molecule has 0 saturated carbocycles. The molecular formula is C17H19N5O. The molecule has 3 aromatic rings. The van der Waals surface area contributed by atoms with Crippen LogP contribution in [0, 0.1) is 6.92 Å². The first-order chi connectivity index (χ1) is 11.2. The van der Waals surface area contributed by atoms with Gasteiger partial charge in [0.25, 0.3) is 5.91 Å². The van der Waals surface area contributed by atoms with Crippen LogP contribution in [0.25, 0.3) is 11.0 Å². The standard InChI is InChI=1S/C17H19N5O/c1-12-18-9-15(20-12)17(23)22-8-4-5-13(22)10-21-11-19-14-6-2-3-7-16(14)21/h2-3,6-7,9,11,13H,4-5,8,10H2,1H3,(H,18,20). The van der Waals surface area contributed by atoms with Crippen molar-refractivity contribution in [3.05, 3.63) is 48.3 Å². The number of hydrogen-bond donors (Lipinski definition) is 1. The van der Waals surface area contributed by atoms with Gasteiger partial charge in [-0.2, -0.15) is 0 Å². The molecule has 1 unspecified atom stereocenters. The van der Waals surface area contributed by atoms with Crippen LogP contribution in [-0.2, 0) is 6.54 Å². The van der Waals surface area contributed by atoms with E-state index in [0.717, 1.165) is 42.8 Å². The molecule has 1 aliphatic heterocycles. The smallest absolute Gasteiger partial charge is 0.272 e. The molecule has 3 heterocycles. The van der Waals surface area contributed by atoms with Crippen molar-refractivity contribution < 1.29 is 4.79 Å². The molecule has 1 amide bonds. The number of carbonyl (C=O) groups excluding carboxylic acids is 1. The molecule has 6 nitrogen and oxygen atoms in total. The van der Waals surface area contributed by atoms with E-state index in [1.54, 1.807) is 6.20 Å². The first kappa shape index (κ1) is 14.0. The lowest BCUT2D eigenvalue weighted by Crippen LogP contribution is -2.38. The predicted molar refractivity (Wildman–Crippen MR) is 87.1 cm³/mol. The van der Waals surface area contributed by atoms with E-state index in [9.17, 15) is 4.79 Å². The molecule has 0 spiro atoms. The Bertz CT molecular complexity index is 849. The number of likely N-dealkylation sites (tertiary alicyclic amines) is 1. The number of aromatic amines is 1. The third kappa shape index (κ3) is 2.50. The molecule has 23 heavy (non-hydrogen) atoms. The lowest BCUT2D eigenvalue weighted by Gasteiger charge is -2.24. The fraction of sp³-hybridized carbons (Fsp3) is 0.353. The number of H-pyrrole nitrogens is 1. The van der Waals surface area contributed by atoms with Gasteiger partial charge >= 0.3 is 0 Å². The van der Waals surface area contributed by atoms with Crippen LogP contribution in [0.1, 0.15) is 29.2 Å². The summed E-state index contributed by atoms with van der Waals surface area (Å²) in [5.74, 6) is 0.808. The van der Waals surface area contributed by atoms with E-state index < -0.39 is 0 Å². The topological polar surface area (TPSA) is 66.8 Å². The minimum absolute atomic E-state index is 0.0394. The summed E-state index contributed by atoms with van der Waals surface area (Å²) >= 11 is 0. The Balaban J connectivity index is 1.57. The van der Waals surface area contributed by atoms with Crippen molar-refractivity contribution in [1.82, 2.24) is 24.4 Å². The van der Waals surface area contributed by atoms with Crippen molar-refractivity contribution in [3.8, 4) is 0 Å². The molecule has 0 aliphatic carbocycles. The zero-order valence-electron chi connectivity index (χ0n) is 13.1. The van der Waals surface area contributed by atoms with E-state index in [-0.39, 0.29) is 11.9 Å². The van der Waals surface area contributed by atoms with Gasteiger partial charge in [-0.15, -0.1) is 0 Å². The monoisotopic (exact) mass is 309 g/mol. The summed E-state index contributed by atoms with van der Waals surface area (Å²) < 4.78 is 2.14. The van der Waals surface area contributed by atoms with Gasteiger partial charge in [0.05, 0.1) is 29.6 Å². The number of hydrogen-bond acceptors (Lipinski definition) is 3. The third-order valence-electron chi connectivity index (χ3n) is 4.51. The van der Waals surface area contributed by atoms with Gasteiger partial charge in [-0.3, -0.25) is 4.79 Å². The highest BCUT2D eigenvalue weighted by Gasteiger charge is 2.30. The number of nitrogens with one attached hydrogen (secondary N) is 1. The molecule has 1 aromatic carbocycles. The highest BCUT2D eigenvalue weighted by atomic mass is 16.2. The Labute approximate surface area is 134 Å². The van der Waals surface area contributed by atoms with Crippen LogP contribution in [0.5, 0.6) is 0 Å². The number of benzene rings is 1. The van der Waals surface area contributed by atoms with Crippen LogP contribution in [-0.4, -0.2) is 42.9 Å². The van der Waals surface area contributed by atoms with E-state index in [2.05, 4.69) is 25.6 Å². The van der Waals surface area contributed by atoms with Crippen molar-refractivity contribution in [2.75, 3.05) is 6.54 Å². The minimum Gasteiger partial charge on any atom is -0.338 e. The van der Waals surface area contributed by atoms with Crippen molar-refractivity contribution in [2.45, 2.75) is 32.4 Å². The first-order valence-electron chi connectivity index (χ1n) is 7.95. The number of carbonyl (C=O) groups is 1. The highest BCUT2D eigenvalue weighted by Crippen LogP contribution is 2.23. The van der Waals surface area contributed by atoms with E-state index >= 15 is 0 Å². The molecule has 6 heteroatoms. The summed E-state index contributed by atoms with van der Waals surface area (Å²) in [5.41, 5.74) is 2.68. The Morgan fingerprint density at radius 3 is 3.04 bits per heavy atom. The summed E-state index contributed by atoms with van der Waals surface area (Å²) in [4.78, 5) is 26.3. The zero-order valence-corrected chi connectivity index (χ0v) is 13.1. The quantitative estimate of drug-likeness (QED) is 0.807. The van der Waals surface area contributed by atoms with Crippen LogP contribution in [0.3, 0.4) is 0 Å². The maximum atomic E-state index is 12.7. The van der Waals surface area contributed by atoms with Crippen LogP contribution in [0.4, 0.5) is 0 Å². The Morgan fingerprint density at radius 2 is 2.22 bits per heavy atom. The number of rotatable bonds is 3. The summed E-state index contributed by atoms with van der Waals surface area (Å²) in [7, 11) is 0. The number of aromatic nitrogens is 4. The summed E-state index contributed by atoms with van der Waals surface area (Å²) in [6, 6.07) is 8.29. The number of amides is 1. The normalized spacial score (nSPS) is 18.0. The number of aryl methyl sites for hydroxylation is 1. The van der Waals surface area contributed by atoms with Crippen LogP contribution >= 0.6 is 0 Å². The van der Waals surface area contributed by atoms with E-state index in [0.29, 0.717) is 5.69 Å². The number of fused-ring (bicyclic) bond motifs is 1. The molecular weight excluding hydrogens is 290 g/mol. The molecule has 1 fully saturated rings. The van der Waals surface area contributed by atoms with Gasteiger partial charge in [0.1, 0.15) is 11.5 Å². The largest absolute Gasteiger partial charge is 0.338 e. The fourth-order valence-corrected chi connectivity index (χ4v) is 3.36. The lowest BCUT2D eigenvalue weighted by molar-refractivity contribution is 0.0719. The van der Waals surface area contributed by atoms with Gasteiger partial charge in [0, 0.05) is 13.1 Å². The molecule has 4 rings (SSSR count). The van der Waals surface area contributed by atoms with Crippen LogP contribution < -0.4 is 0 Å². The van der Waals surface area contributed by atoms with Gasteiger partial charge in [0.2, 0.25) is 0 Å². The zero-order chi connectivity index (χ0) is 15.8. The molecule has 2 aromatic heterocycles. The predicted octanol–water partition coefficient (Wildman–Crippen LogP) is 2.37. The lowest BCUT2D eigenvalue weighted by atomic mass is 10.2. The van der Waals surface area contributed by atoms with E-state index in [1.165, 1.54) is 0 Å². The SMILES string of the molecule is Cc1ncc(C(=O)N2CCCC2Cn2cnc3ccccc32)[nH]1. The van der Waals surface area contributed by atoms with Crippen molar-refractivity contribution in [1.29, 1.82) is 0 Å². The second-order valence-electron chi connectivity index (χ2n) is 6.06. The van der Waals surface area contributed by atoms with Gasteiger partial charge < -0.3 is 14.5 Å². The number of imidazole rings is 2. The van der Waals surface area contributed by atoms with Crippen LogP contribution in [0.15, 0.2) is 36.8 Å². The number of para-hydroxylation sites is 2. The number of nitrogens with zero attached hydrogens (tertiary/aromatic N) is 4. The van der Waals surface area contributed by atoms with E-state index in [4.69, 9.17) is 0 Å². The summed E-state index contributed by atoms with van der Waals surface area (Å²) in [5, 5.41) is 0. The molecule has 1 N–H and O–H groups in total. The average Bonchev–Trinajstić information content (AvgIpc) is 3.28. The van der Waals surface area contributed by atoms with Gasteiger partial charge in [-0.25, -0.2) is 9.97 Å². The van der Waals surface area contributed by atoms with Crippen molar-refractivity contribution in [3.63, 3.8) is 0 Å². The molecule has 1 atom stereocenters. The molecule has 1 aliphatic rings. The Hall–Kier alpha value is -2.63. The third-order valence-corrected chi connectivity index (χ3v) is 4.51. The Morgan fingerprint density at radius 1 is 1.35 bits per heavy atom. The minimum atomic E-state index is 0.0394. The van der Waals surface area contributed by atoms with Crippen molar-refractivity contribution in [2.24, 2.45) is 0 Å². The maximum Gasteiger partial charge on any atom is 0.272 e. The maximum absolute atomic E-state index is 12.7. The van der Waals surface area contributed by atoms with Crippen molar-refractivity contribution >= 4 is 16.9 Å². The van der Waals surface area contributed by atoms with Gasteiger partial charge in [0.15, 0.2) is 0 Å². The molecule has 0 bridgehead atoms. The average molecular weight is 309 g/mol. The second kappa shape index (κ2) is 5.53. The highest BCUT2D eigenvalue weighted by molar-refractivity contribution is 5.92. The first-order valence-corrected chi connectivity index (χ1v) is 7.95. The summed E-state index contributed by atoms with van der Waals surface area (Å²) in [6.45, 7) is 3.43. The second-order valence-corrected chi connectivity index (χ2v) is 6.06. The van der Waals surface area contributed by atoms with E-state index in [1.807, 2.05) is 36.4 Å². The molecule has 0 radical (unpaired) electrons. The fourth-order valence-electron chi connectivity index (χ4n) is 3.36. The summed E-state index contributed by atoms with van der Waals surface area (Å²) in [6.07, 6.45) is 5.55. The van der Waals surface area contributed by atoms with Crippen LogP contribution in [0.2, 0.25) is 0 Å². The van der Waals surface area contributed by atoms with Gasteiger partial charge in [-0.1, -0.05) is 12.1 Å². The Kier molecular flexibility index (Phi) is 3.37.